The van der Waals surface area contributed by atoms with E-state index in [2.05, 4.69) is 6.92 Å². The molecule has 3 rings (SSSR count). The molecule has 126 valence electrons. The Bertz CT molecular complexity index is 549. The molecule has 2 N–H and O–H groups in total. The molecule has 4 nitrogen and oxygen atoms in total. The van der Waals surface area contributed by atoms with Gasteiger partial charge in [-0.25, -0.2) is 0 Å². The fourth-order valence-electron chi connectivity index (χ4n) is 4.52. The highest BCUT2D eigenvalue weighted by atomic mass is 16.5. The first-order chi connectivity index (χ1) is 11.1. The van der Waals surface area contributed by atoms with Gasteiger partial charge in [-0.1, -0.05) is 25.0 Å². The van der Waals surface area contributed by atoms with E-state index < -0.39 is 0 Å². The summed E-state index contributed by atoms with van der Waals surface area (Å²) in [5.41, 5.74) is 7.62. The average Bonchev–Trinajstić information content (AvgIpc) is 3.10. The SMILES string of the molecule is CCOC1CC(N(C)C(=O)c2ccc(CN)cc2)C12CCCC2. The highest BCUT2D eigenvalue weighted by Crippen LogP contribution is 2.56. The predicted molar refractivity (Wildman–Crippen MR) is 91.1 cm³/mol. The van der Waals surface area contributed by atoms with E-state index in [1.807, 2.05) is 36.2 Å². The van der Waals surface area contributed by atoms with Crippen molar-refractivity contribution >= 4 is 5.91 Å². The smallest absolute Gasteiger partial charge is 0.253 e. The molecule has 2 aliphatic carbocycles. The maximum absolute atomic E-state index is 12.8. The van der Waals surface area contributed by atoms with E-state index >= 15 is 0 Å². The molecule has 4 heteroatoms. The van der Waals surface area contributed by atoms with Gasteiger partial charge in [-0.3, -0.25) is 4.79 Å². The molecule has 0 radical (unpaired) electrons. The van der Waals surface area contributed by atoms with E-state index in [4.69, 9.17) is 10.5 Å². The average molecular weight is 316 g/mol. The van der Waals surface area contributed by atoms with Crippen LogP contribution < -0.4 is 5.73 Å². The first-order valence-corrected chi connectivity index (χ1v) is 8.80. The number of nitrogens with zero attached hydrogens (tertiary/aromatic N) is 1. The van der Waals surface area contributed by atoms with Crippen molar-refractivity contribution in [2.45, 2.75) is 57.7 Å². The first-order valence-electron chi connectivity index (χ1n) is 8.80. The van der Waals surface area contributed by atoms with E-state index in [0.717, 1.165) is 24.2 Å². The van der Waals surface area contributed by atoms with Gasteiger partial charge < -0.3 is 15.4 Å². The Balaban J connectivity index is 1.74. The molecule has 0 bridgehead atoms. The van der Waals surface area contributed by atoms with Crippen LogP contribution in [0, 0.1) is 5.41 Å². The van der Waals surface area contributed by atoms with E-state index in [-0.39, 0.29) is 11.3 Å². The van der Waals surface area contributed by atoms with Crippen LogP contribution in [0.3, 0.4) is 0 Å². The third-order valence-corrected chi connectivity index (χ3v) is 5.87. The van der Waals surface area contributed by atoms with Crippen molar-refractivity contribution in [1.82, 2.24) is 4.90 Å². The second kappa shape index (κ2) is 6.62. The van der Waals surface area contributed by atoms with E-state index in [9.17, 15) is 4.79 Å². The highest BCUT2D eigenvalue weighted by Gasteiger charge is 2.58. The Labute approximate surface area is 139 Å². The van der Waals surface area contributed by atoms with Crippen LogP contribution in [0.5, 0.6) is 0 Å². The lowest BCUT2D eigenvalue weighted by molar-refractivity contribution is -0.152. The molecule has 0 heterocycles. The number of hydrogen-bond acceptors (Lipinski definition) is 3. The van der Waals surface area contributed by atoms with E-state index in [1.165, 1.54) is 25.7 Å². The lowest BCUT2D eigenvalue weighted by Gasteiger charge is -2.57. The Hall–Kier alpha value is -1.39. The number of carbonyl (C=O) groups is 1. The van der Waals surface area contributed by atoms with Gasteiger partial charge in [0, 0.05) is 37.2 Å². The van der Waals surface area contributed by atoms with Crippen LogP contribution in [0.15, 0.2) is 24.3 Å². The number of carbonyl (C=O) groups excluding carboxylic acids is 1. The molecule has 0 aromatic heterocycles. The standard InChI is InChI=1S/C19H28N2O2/c1-3-23-17-12-16(19(17)10-4-5-11-19)21(2)18(22)15-8-6-14(13-20)7-9-15/h6-9,16-17H,3-5,10-13,20H2,1-2H3. The number of rotatable bonds is 5. The molecular formula is C19H28N2O2. The minimum atomic E-state index is 0.111. The second-order valence-corrected chi connectivity index (χ2v) is 6.95. The summed E-state index contributed by atoms with van der Waals surface area (Å²) < 4.78 is 5.96. The monoisotopic (exact) mass is 316 g/mol. The van der Waals surface area contributed by atoms with Crippen molar-refractivity contribution in [2.24, 2.45) is 11.1 Å². The van der Waals surface area contributed by atoms with Crippen LogP contribution in [0.1, 0.15) is 54.9 Å². The van der Waals surface area contributed by atoms with Gasteiger partial charge in [0.1, 0.15) is 0 Å². The zero-order chi connectivity index (χ0) is 16.4. The Kier molecular flexibility index (Phi) is 4.74. The molecule has 2 fully saturated rings. The molecule has 0 saturated heterocycles. The summed E-state index contributed by atoms with van der Waals surface area (Å²) in [5, 5.41) is 0. The lowest BCUT2D eigenvalue weighted by atomic mass is 9.60. The molecule has 2 unspecified atom stereocenters. The predicted octanol–water partition coefficient (Wildman–Crippen LogP) is 2.96. The molecule has 1 aromatic carbocycles. The van der Waals surface area contributed by atoms with Crippen molar-refractivity contribution in [2.75, 3.05) is 13.7 Å². The number of benzene rings is 1. The fraction of sp³-hybridized carbons (Fsp3) is 0.632. The lowest BCUT2D eigenvalue weighted by Crippen LogP contribution is -2.64. The number of hydrogen-bond donors (Lipinski definition) is 1. The summed E-state index contributed by atoms with van der Waals surface area (Å²) in [6.45, 7) is 3.33. The van der Waals surface area contributed by atoms with Crippen LogP contribution in [-0.4, -0.2) is 36.6 Å². The largest absolute Gasteiger partial charge is 0.378 e. The third kappa shape index (κ3) is 2.79. The third-order valence-electron chi connectivity index (χ3n) is 5.87. The molecule has 2 saturated carbocycles. The molecule has 23 heavy (non-hydrogen) atoms. The van der Waals surface area contributed by atoms with Gasteiger partial charge in [-0.05, 0) is 43.9 Å². The van der Waals surface area contributed by atoms with Crippen molar-refractivity contribution in [3.8, 4) is 0 Å². The number of amides is 1. The Morgan fingerprint density at radius 2 is 1.96 bits per heavy atom. The summed E-state index contributed by atoms with van der Waals surface area (Å²) in [4.78, 5) is 14.8. The molecule has 2 atom stereocenters. The summed E-state index contributed by atoms with van der Waals surface area (Å²) >= 11 is 0. The summed E-state index contributed by atoms with van der Waals surface area (Å²) in [6.07, 6.45) is 6.19. The summed E-state index contributed by atoms with van der Waals surface area (Å²) in [6, 6.07) is 7.97. The summed E-state index contributed by atoms with van der Waals surface area (Å²) in [5.74, 6) is 0.111. The van der Waals surface area contributed by atoms with Crippen LogP contribution >= 0.6 is 0 Å². The van der Waals surface area contributed by atoms with Crippen molar-refractivity contribution in [3.05, 3.63) is 35.4 Å². The van der Waals surface area contributed by atoms with E-state index in [1.54, 1.807) is 0 Å². The van der Waals surface area contributed by atoms with Crippen LogP contribution in [0.25, 0.3) is 0 Å². The van der Waals surface area contributed by atoms with Crippen LogP contribution in [-0.2, 0) is 11.3 Å². The summed E-state index contributed by atoms with van der Waals surface area (Å²) in [7, 11) is 1.95. The molecule has 1 amide bonds. The quantitative estimate of drug-likeness (QED) is 0.908. The van der Waals surface area contributed by atoms with E-state index in [0.29, 0.717) is 18.7 Å². The number of ether oxygens (including phenoxy) is 1. The molecule has 1 aromatic rings. The fourth-order valence-corrected chi connectivity index (χ4v) is 4.52. The van der Waals surface area contributed by atoms with Crippen molar-refractivity contribution < 1.29 is 9.53 Å². The van der Waals surface area contributed by atoms with Gasteiger partial charge in [0.25, 0.3) is 5.91 Å². The van der Waals surface area contributed by atoms with Crippen LogP contribution in [0.4, 0.5) is 0 Å². The van der Waals surface area contributed by atoms with Gasteiger partial charge in [0.2, 0.25) is 0 Å². The van der Waals surface area contributed by atoms with Crippen molar-refractivity contribution in [3.63, 3.8) is 0 Å². The molecular weight excluding hydrogens is 288 g/mol. The Morgan fingerprint density at radius 3 is 2.52 bits per heavy atom. The number of nitrogens with two attached hydrogens (primary N) is 1. The minimum Gasteiger partial charge on any atom is -0.378 e. The maximum Gasteiger partial charge on any atom is 0.253 e. The second-order valence-electron chi connectivity index (χ2n) is 6.95. The normalized spacial score (nSPS) is 25.3. The van der Waals surface area contributed by atoms with Gasteiger partial charge in [0.05, 0.1) is 6.10 Å². The van der Waals surface area contributed by atoms with Crippen LogP contribution in [0.2, 0.25) is 0 Å². The molecule has 0 aliphatic heterocycles. The Morgan fingerprint density at radius 1 is 1.30 bits per heavy atom. The zero-order valence-corrected chi connectivity index (χ0v) is 14.3. The van der Waals surface area contributed by atoms with Gasteiger partial charge >= 0.3 is 0 Å². The maximum atomic E-state index is 12.8. The van der Waals surface area contributed by atoms with Gasteiger partial charge in [-0.15, -0.1) is 0 Å². The van der Waals surface area contributed by atoms with Gasteiger partial charge in [-0.2, -0.15) is 0 Å². The zero-order valence-electron chi connectivity index (χ0n) is 14.3. The van der Waals surface area contributed by atoms with Crippen molar-refractivity contribution in [1.29, 1.82) is 0 Å². The molecule has 1 spiro atoms. The van der Waals surface area contributed by atoms with Gasteiger partial charge in [0.15, 0.2) is 0 Å². The first kappa shape index (κ1) is 16.5. The molecule has 2 aliphatic rings. The topological polar surface area (TPSA) is 55.6 Å². The minimum absolute atomic E-state index is 0.111. The highest BCUT2D eigenvalue weighted by molar-refractivity contribution is 5.94.